The standard InChI is InChI=1S/C74H117NO18/c1-3-5-7-9-11-13-15-16-17-18-19-20-21-22-23-24-25-26-27-28-29-30-31-32-33-34-35-36-37-38-39-40-42-44-46-48-50-52-62(80)75-57(58(79)51-49-47-45-43-41-14-12-10-8-6-4-2)56-88-72-68(86)65(83)70(60(54-77)90-72)93-74-69(87)66(84)71(61(55-78)91-74)92-73-67(85)64(82)63(81)59(53-76)89-73/h5,7-8,10-11,13,16-17,19-20,22-23,25-26,28-29,31-32,34-35,37-38,41,43,49,51,57-61,63-74,76-79,81-87H,3-4,6,9,12,14-15,18,21,24,27,30,33,36,39-40,42,44-48,50,52-56H2,1-2H3,(H,75,80)/b7-5-,10-8+,13-11-,17-16-,20-19-,23-22-,26-25-,29-28-,32-31-,35-34-,38-37-,43-41+,51-49+. The van der Waals surface area contributed by atoms with Crippen LogP contribution in [0.15, 0.2) is 158 Å². The topological polar surface area (TPSA) is 307 Å². The Kier molecular flexibility index (Phi) is 47.6. The first-order valence-corrected chi connectivity index (χ1v) is 34.2. The SMILES string of the molecule is CC/C=C\C/C=C\C/C=C\C/C=C\C/C=C\C/C=C\C/C=C\C/C=C\C/C=C\C/C=C\CCCCCCCCC(=O)NC(COC1OC(CO)C(OC2OC(CO)C(OC3OC(CO)C(O)C(O)C3O)C(O)C2O)C(O)C1O)C(O)/C=C/CC/C=C/CC/C=C/CCC. The third kappa shape index (κ3) is 35.3. The van der Waals surface area contributed by atoms with Crippen LogP contribution in [0.25, 0.3) is 0 Å². The minimum absolute atomic E-state index is 0.203. The number of unbranched alkanes of at least 4 members (excludes halogenated alkanes) is 9. The fourth-order valence-corrected chi connectivity index (χ4v) is 10.3. The number of aliphatic hydroxyl groups is 11. The number of ether oxygens (including phenoxy) is 6. The maximum absolute atomic E-state index is 13.3. The molecule has 3 aliphatic heterocycles. The largest absolute Gasteiger partial charge is 0.394 e. The maximum Gasteiger partial charge on any atom is 0.220 e. The molecule has 0 aliphatic carbocycles. The van der Waals surface area contributed by atoms with Crippen LogP contribution in [0.2, 0.25) is 0 Å². The molecule has 1 amide bonds. The molecule has 3 fully saturated rings. The van der Waals surface area contributed by atoms with Gasteiger partial charge in [0.15, 0.2) is 18.9 Å². The quantitative estimate of drug-likeness (QED) is 0.0200. The van der Waals surface area contributed by atoms with Crippen molar-refractivity contribution >= 4 is 5.91 Å². The molecule has 0 aromatic heterocycles. The fraction of sp³-hybridized carbons (Fsp3) is 0.635. The van der Waals surface area contributed by atoms with Gasteiger partial charge >= 0.3 is 0 Å². The number of carbonyl (C=O) groups excluding carboxylic acids is 1. The third-order valence-corrected chi connectivity index (χ3v) is 15.8. The van der Waals surface area contributed by atoms with Gasteiger partial charge in [-0.25, -0.2) is 0 Å². The molecule has 93 heavy (non-hydrogen) atoms. The molecule has 0 spiro atoms. The molecule has 3 saturated heterocycles. The predicted molar refractivity (Wildman–Crippen MR) is 364 cm³/mol. The zero-order valence-corrected chi connectivity index (χ0v) is 55.4. The molecule has 526 valence electrons. The number of amides is 1. The van der Waals surface area contributed by atoms with E-state index >= 15 is 0 Å². The van der Waals surface area contributed by atoms with E-state index in [1.54, 1.807) is 6.08 Å². The fourth-order valence-electron chi connectivity index (χ4n) is 10.3. The van der Waals surface area contributed by atoms with E-state index in [-0.39, 0.29) is 18.9 Å². The van der Waals surface area contributed by atoms with E-state index in [4.69, 9.17) is 28.4 Å². The van der Waals surface area contributed by atoms with E-state index < -0.39 is 124 Å². The summed E-state index contributed by atoms with van der Waals surface area (Å²) >= 11 is 0. The summed E-state index contributed by atoms with van der Waals surface area (Å²) in [7, 11) is 0. The van der Waals surface area contributed by atoms with Crippen LogP contribution in [-0.4, -0.2) is 193 Å². The lowest BCUT2D eigenvalue weighted by atomic mass is 9.96. The van der Waals surface area contributed by atoms with Gasteiger partial charge in [-0.3, -0.25) is 4.79 Å². The molecule has 3 aliphatic rings. The van der Waals surface area contributed by atoms with E-state index in [0.29, 0.717) is 12.8 Å². The normalized spacial score (nSPS) is 28.5. The van der Waals surface area contributed by atoms with Gasteiger partial charge in [0, 0.05) is 6.42 Å². The van der Waals surface area contributed by atoms with Crippen molar-refractivity contribution in [3.8, 4) is 0 Å². The Bertz CT molecular complexity index is 2300. The Morgan fingerprint density at radius 1 is 0.398 bits per heavy atom. The minimum Gasteiger partial charge on any atom is -0.394 e. The van der Waals surface area contributed by atoms with Crippen molar-refractivity contribution in [3.05, 3.63) is 158 Å². The van der Waals surface area contributed by atoms with Crippen LogP contribution >= 0.6 is 0 Å². The molecule has 0 bridgehead atoms. The van der Waals surface area contributed by atoms with Crippen LogP contribution < -0.4 is 5.32 Å². The van der Waals surface area contributed by atoms with Gasteiger partial charge in [0.05, 0.1) is 38.6 Å². The van der Waals surface area contributed by atoms with Gasteiger partial charge in [0.1, 0.15) is 73.2 Å². The molecule has 0 aromatic rings. The zero-order valence-electron chi connectivity index (χ0n) is 55.4. The molecule has 17 atom stereocenters. The van der Waals surface area contributed by atoms with Crippen molar-refractivity contribution in [1.29, 1.82) is 0 Å². The first-order valence-electron chi connectivity index (χ1n) is 34.2. The van der Waals surface area contributed by atoms with Crippen molar-refractivity contribution in [2.45, 2.75) is 272 Å². The van der Waals surface area contributed by atoms with Crippen molar-refractivity contribution in [1.82, 2.24) is 5.32 Å². The molecule has 19 nitrogen and oxygen atoms in total. The predicted octanol–water partition coefficient (Wildman–Crippen LogP) is 8.93. The smallest absolute Gasteiger partial charge is 0.220 e. The maximum atomic E-state index is 13.3. The highest BCUT2D eigenvalue weighted by atomic mass is 16.8. The average molecular weight is 1310 g/mol. The number of aliphatic hydroxyl groups excluding tert-OH is 11. The number of hydrogen-bond donors (Lipinski definition) is 12. The van der Waals surface area contributed by atoms with Gasteiger partial charge in [-0.15, -0.1) is 0 Å². The molecule has 19 heteroatoms. The number of hydrogen-bond acceptors (Lipinski definition) is 18. The van der Waals surface area contributed by atoms with Crippen LogP contribution in [0.3, 0.4) is 0 Å². The molecule has 0 aromatic carbocycles. The summed E-state index contributed by atoms with van der Waals surface area (Å²) in [4.78, 5) is 13.3. The summed E-state index contributed by atoms with van der Waals surface area (Å²) in [5.74, 6) is -0.315. The van der Waals surface area contributed by atoms with Gasteiger partial charge in [-0.2, -0.15) is 0 Å². The van der Waals surface area contributed by atoms with Crippen LogP contribution in [-0.2, 0) is 33.2 Å². The van der Waals surface area contributed by atoms with Gasteiger partial charge in [-0.1, -0.05) is 204 Å². The second kappa shape index (κ2) is 53.5. The Balaban J connectivity index is 1.37. The first-order chi connectivity index (χ1) is 45.3. The molecule has 0 radical (unpaired) electrons. The second-order valence-electron chi connectivity index (χ2n) is 23.5. The van der Waals surface area contributed by atoms with Crippen molar-refractivity contribution in [3.63, 3.8) is 0 Å². The summed E-state index contributed by atoms with van der Waals surface area (Å²) in [6, 6.07) is -1.02. The third-order valence-electron chi connectivity index (χ3n) is 15.8. The van der Waals surface area contributed by atoms with Gasteiger partial charge in [0.25, 0.3) is 0 Å². The number of carbonyl (C=O) groups is 1. The molecule has 12 N–H and O–H groups in total. The molecular weight excluding hydrogens is 1190 g/mol. The van der Waals surface area contributed by atoms with E-state index in [1.165, 1.54) is 0 Å². The average Bonchev–Trinajstić information content (AvgIpc) is 0.805. The van der Waals surface area contributed by atoms with Crippen LogP contribution in [0.5, 0.6) is 0 Å². The lowest BCUT2D eigenvalue weighted by Gasteiger charge is -2.48. The van der Waals surface area contributed by atoms with Crippen LogP contribution in [0, 0.1) is 0 Å². The molecule has 17 unspecified atom stereocenters. The van der Waals surface area contributed by atoms with E-state index in [0.717, 1.165) is 135 Å². The van der Waals surface area contributed by atoms with Crippen LogP contribution in [0.4, 0.5) is 0 Å². The molecule has 3 heterocycles. The summed E-state index contributed by atoms with van der Waals surface area (Å²) in [5.41, 5.74) is 0. The van der Waals surface area contributed by atoms with Crippen molar-refractivity contribution < 1.29 is 89.4 Å². The Morgan fingerprint density at radius 2 is 0.753 bits per heavy atom. The highest BCUT2D eigenvalue weighted by molar-refractivity contribution is 5.76. The summed E-state index contributed by atoms with van der Waals surface area (Å²) in [6.07, 6.45) is 51.0. The van der Waals surface area contributed by atoms with Crippen LogP contribution in [0.1, 0.15) is 168 Å². The van der Waals surface area contributed by atoms with Crippen molar-refractivity contribution in [2.75, 3.05) is 26.4 Å². The minimum atomic E-state index is -1.99. The Hall–Kier alpha value is -4.59. The van der Waals surface area contributed by atoms with E-state index in [9.17, 15) is 61.0 Å². The lowest BCUT2D eigenvalue weighted by molar-refractivity contribution is -0.379. The monoisotopic (exact) mass is 1310 g/mol. The molecule has 3 rings (SSSR count). The zero-order chi connectivity index (χ0) is 67.5. The number of allylic oxidation sites excluding steroid dienone is 25. The second-order valence-corrected chi connectivity index (χ2v) is 23.5. The molecular formula is C74H117NO18. The van der Waals surface area contributed by atoms with Gasteiger partial charge in [0.2, 0.25) is 5.91 Å². The Morgan fingerprint density at radius 3 is 1.19 bits per heavy atom. The number of rotatable bonds is 49. The van der Waals surface area contributed by atoms with E-state index in [2.05, 4.69) is 165 Å². The van der Waals surface area contributed by atoms with Crippen molar-refractivity contribution in [2.24, 2.45) is 0 Å². The summed E-state index contributed by atoms with van der Waals surface area (Å²) in [5, 5.41) is 120. The first kappa shape index (κ1) is 82.6. The highest BCUT2D eigenvalue weighted by Crippen LogP contribution is 2.33. The lowest BCUT2D eigenvalue weighted by Crippen LogP contribution is -2.66. The van der Waals surface area contributed by atoms with Gasteiger partial charge in [-0.05, 0) is 116 Å². The summed E-state index contributed by atoms with van der Waals surface area (Å²) < 4.78 is 34.2. The van der Waals surface area contributed by atoms with E-state index in [1.807, 2.05) is 6.08 Å². The highest BCUT2D eigenvalue weighted by Gasteiger charge is 2.53. The van der Waals surface area contributed by atoms with Gasteiger partial charge < -0.3 is 89.9 Å². The molecule has 0 saturated carbocycles. The summed E-state index contributed by atoms with van der Waals surface area (Å²) in [6.45, 7) is 1.45. The number of nitrogens with one attached hydrogen (secondary N) is 1. The Labute approximate surface area is 555 Å².